The Kier molecular flexibility index (Phi) is 6.61. The zero-order valence-corrected chi connectivity index (χ0v) is 14.7. The number of hydrogen-bond donors (Lipinski definition) is 2. The highest BCUT2D eigenvalue weighted by molar-refractivity contribution is 5.93. The Morgan fingerprint density at radius 3 is 2.76 bits per heavy atom. The lowest BCUT2D eigenvalue weighted by Crippen LogP contribution is -2.24. The maximum atomic E-state index is 12.1. The summed E-state index contributed by atoms with van der Waals surface area (Å²) in [6.45, 7) is 2.14. The van der Waals surface area contributed by atoms with Crippen molar-refractivity contribution in [2.75, 3.05) is 6.54 Å². The van der Waals surface area contributed by atoms with Gasteiger partial charge < -0.3 is 20.4 Å². The number of amides is 2. The molecule has 6 nitrogen and oxygen atoms in total. The van der Waals surface area contributed by atoms with Crippen LogP contribution in [0, 0.1) is 0 Å². The van der Waals surface area contributed by atoms with Crippen molar-refractivity contribution in [1.82, 2.24) is 10.2 Å². The van der Waals surface area contributed by atoms with Crippen LogP contribution in [0.5, 0.6) is 0 Å². The summed E-state index contributed by atoms with van der Waals surface area (Å²) < 4.78 is 5.17. The molecule has 0 aliphatic carbocycles. The van der Waals surface area contributed by atoms with E-state index in [-0.39, 0.29) is 30.8 Å². The second kappa shape index (κ2) is 8.69. The fraction of sp³-hybridized carbons (Fsp3) is 0.333. The molecule has 1 aliphatic heterocycles. The second-order valence-corrected chi connectivity index (χ2v) is 5.93. The summed E-state index contributed by atoms with van der Waals surface area (Å²) in [5.41, 5.74) is 8.01. The first-order chi connectivity index (χ1) is 11.7. The number of carbonyl (C=O) groups is 2. The molecule has 3 rings (SSSR count). The fourth-order valence-electron chi connectivity index (χ4n) is 2.82. The van der Waals surface area contributed by atoms with Crippen LogP contribution in [0.3, 0.4) is 0 Å². The van der Waals surface area contributed by atoms with E-state index in [9.17, 15) is 9.59 Å². The van der Waals surface area contributed by atoms with Crippen molar-refractivity contribution in [2.24, 2.45) is 5.73 Å². The van der Waals surface area contributed by atoms with Gasteiger partial charge in [-0.3, -0.25) is 9.59 Å². The monoisotopic (exact) mass is 363 g/mol. The number of carbonyl (C=O) groups excluding carboxylic acids is 2. The summed E-state index contributed by atoms with van der Waals surface area (Å²) in [7, 11) is 0. The summed E-state index contributed by atoms with van der Waals surface area (Å²) >= 11 is 0. The molecule has 1 fully saturated rings. The van der Waals surface area contributed by atoms with E-state index in [1.54, 1.807) is 6.07 Å². The Morgan fingerprint density at radius 2 is 2.08 bits per heavy atom. The van der Waals surface area contributed by atoms with Gasteiger partial charge in [0.2, 0.25) is 5.91 Å². The molecule has 7 heteroatoms. The SMILES string of the molecule is Cl.NCc1cc(C(=O)NCc2cccc(CN3CCCC3=O)c2)co1. The van der Waals surface area contributed by atoms with E-state index in [4.69, 9.17) is 10.2 Å². The minimum Gasteiger partial charge on any atom is -0.467 e. The zero-order valence-electron chi connectivity index (χ0n) is 13.9. The third-order valence-electron chi connectivity index (χ3n) is 4.11. The van der Waals surface area contributed by atoms with Gasteiger partial charge >= 0.3 is 0 Å². The quantitative estimate of drug-likeness (QED) is 0.823. The number of rotatable bonds is 6. The van der Waals surface area contributed by atoms with Gasteiger partial charge in [0.25, 0.3) is 5.91 Å². The first-order valence-corrected chi connectivity index (χ1v) is 8.07. The van der Waals surface area contributed by atoms with Crippen LogP contribution in [0.4, 0.5) is 0 Å². The average molecular weight is 364 g/mol. The van der Waals surface area contributed by atoms with Crippen LogP contribution in [0.2, 0.25) is 0 Å². The molecule has 2 aromatic rings. The molecule has 2 heterocycles. The highest BCUT2D eigenvalue weighted by atomic mass is 35.5. The van der Waals surface area contributed by atoms with Crippen molar-refractivity contribution < 1.29 is 14.0 Å². The van der Waals surface area contributed by atoms with E-state index in [2.05, 4.69) is 5.32 Å². The van der Waals surface area contributed by atoms with Gasteiger partial charge in [-0.05, 0) is 23.6 Å². The number of nitrogens with one attached hydrogen (secondary N) is 1. The number of likely N-dealkylation sites (tertiary alicyclic amines) is 1. The van der Waals surface area contributed by atoms with Gasteiger partial charge in [-0.15, -0.1) is 12.4 Å². The molecule has 25 heavy (non-hydrogen) atoms. The van der Waals surface area contributed by atoms with E-state index >= 15 is 0 Å². The van der Waals surface area contributed by atoms with Gasteiger partial charge in [0.1, 0.15) is 12.0 Å². The number of furan rings is 1. The number of halogens is 1. The van der Waals surface area contributed by atoms with E-state index in [0.717, 1.165) is 24.1 Å². The predicted molar refractivity (Wildman–Crippen MR) is 96.1 cm³/mol. The fourth-order valence-corrected chi connectivity index (χ4v) is 2.82. The normalized spacial score (nSPS) is 13.6. The lowest BCUT2D eigenvalue weighted by molar-refractivity contribution is -0.128. The molecule has 0 saturated carbocycles. The predicted octanol–water partition coefficient (Wildman–Crippen LogP) is 2.21. The molecule has 0 bridgehead atoms. The molecule has 1 saturated heterocycles. The largest absolute Gasteiger partial charge is 0.467 e. The minimum absolute atomic E-state index is 0. The van der Waals surface area contributed by atoms with Gasteiger partial charge in [0, 0.05) is 26.1 Å². The number of benzene rings is 1. The highest BCUT2D eigenvalue weighted by Gasteiger charge is 2.20. The molecule has 1 aromatic carbocycles. The Hall–Kier alpha value is -2.31. The molecule has 3 N–H and O–H groups in total. The summed E-state index contributed by atoms with van der Waals surface area (Å²) in [6, 6.07) is 9.57. The van der Waals surface area contributed by atoms with E-state index in [1.165, 1.54) is 6.26 Å². The molecular weight excluding hydrogens is 342 g/mol. The summed E-state index contributed by atoms with van der Waals surface area (Å²) in [5.74, 6) is 0.598. The van der Waals surface area contributed by atoms with E-state index in [1.807, 2.05) is 29.2 Å². The van der Waals surface area contributed by atoms with Crippen LogP contribution in [0.1, 0.15) is 40.1 Å². The highest BCUT2D eigenvalue weighted by Crippen LogP contribution is 2.15. The van der Waals surface area contributed by atoms with Crippen LogP contribution in [-0.4, -0.2) is 23.3 Å². The van der Waals surface area contributed by atoms with Gasteiger partial charge in [-0.25, -0.2) is 0 Å². The maximum absolute atomic E-state index is 12.1. The first-order valence-electron chi connectivity index (χ1n) is 8.07. The van der Waals surface area contributed by atoms with E-state index in [0.29, 0.717) is 30.8 Å². The maximum Gasteiger partial charge on any atom is 0.254 e. The lowest BCUT2D eigenvalue weighted by Gasteiger charge is -2.16. The Balaban J connectivity index is 0.00000225. The van der Waals surface area contributed by atoms with Crippen molar-refractivity contribution in [3.63, 3.8) is 0 Å². The van der Waals surface area contributed by atoms with Crippen LogP contribution >= 0.6 is 12.4 Å². The van der Waals surface area contributed by atoms with Crippen molar-refractivity contribution >= 4 is 24.2 Å². The Labute approximate surface area is 152 Å². The van der Waals surface area contributed by atoms with Gasteiger partial charge in [-0.1, -0.05) is 24.3 Å². The Morgan fingerprint density at radius 1 is 1.28 bits per heavy atom. The van der Waals surface area contributed by atoms with Crippen LogP contribution in [0.15, 0.2) is 41.0 Å². The number of nitrogens with two attached hydrogens (primary N) is 1. The molecule has 134 valence electrons. The van der Waals surface area contributed by atoms with Gasteiger partial charge in [-0.2, -0.15) is 0 Å². The van der Waals surface area contributed by atoms with E-state index < -0.39 is 0 Å². The van der Waals surface area contributed by atoms with Crippen molar-refractivity contribution in [3.05, 3.63) is 59.0 Å². The molecule has 0 radical (unpaired) electrons. The number of nitrogens with zero attached hydrogens (tertiary/aromatic N) is 1. The Bertz CT molecular complexity index is 745. The standard InChI is InChI=1S/C18H21N3O3.ClH/c19-9-16-8-15(12-24-16)18(23)20-10-13-3-1-4-14(7-13)11-21-6-2-5-17(21)22;/h1,3-4,7-8,12H,2,5-6,9-11,19H2,(H,20,23);1H. The smallest absolute Gasteiger partial charge is 0.254 e. The second-order valence-electron chi connectivity index (χ2n) is 5.93. The summed E-state index contributed by atoms with van der Waals surface area (Å²) in [5, 5.41) is 2.86. The molecule has 0 spiro atoms. The van der Waals surface area contributed by atoms with Crippen molar-refractivity contribution in [1.29, 1.82) is 0 Å². The van der Waals surface area contributed by atoms with Gasteiger partial charge in [0.15, 0.2) is 0 Å². The average Bonchev–Trinajstić information content (AvgIpc) is 3.23. The minimum atomic E-state index is -0.196. The van der Waals surface area contributed by atoms with Crippen molar-refractivity contribution in [2.45, 2.75) is 32.5 Å². The van der Waals surface area contributed by atoms with Crippen LogP contribution < -0.4 is 11.1 Å². The number of hydrogen-bond acceptors (Lipinski definition) is 4. The molecule has 0 atom stereocenters. The molecule has 1 aromatic heterocycles. The zero-order chi connectivity index (χ0) is 16.9. The summed E-state index contributed by atoms with van der Waals surface area (Å²) in [6.07, 6.45) is 2.99. The van der Waals surface area contributed by atoms with Gasteiger partial charge in [0.05, 0.1) is 12.1 Å². The molecule has 1 aliphatic rings. The third kappa shape index (κ3) is 4.84. The first kappa shape index (κ1) is 19.0. The molecular formula is C18H22ClN3O3. The summed E-state index contributed by atoms with van der Waals surface area (Å²) in [4.78, 5) is 25.7. The third-order valence-corrected chi connectivity index (χ3v) is 4.11. The molecule has 0 unspecified atom stereocenters. The topological polar surface area (TPSA) is 88.6 Å². The lowest BCUT2D eigenvalue weighted by atomic mass is 10.1. The van der Waals surface area contributed by atoms with Crippen LogP contribution in [-0.2, 0) is 24.4 Å². The molecule has 2 amide bonds. The van der Waals surface area contributed by atoms with Crippen LogP contribution in [0.25, 0.3) is 0 Å². The van der Waals surface area contributed by atoms with Crippen molar-refractivity contribution in [3.8, 4) is 0 Å².